The van der Waals surface area contributed by atoms with Crippen LogP contribution in [0.5, 0.6) is 0 Å². The van der Waals surface area contributed by atoms with Gasteiger partial charge in [0, 0.05) is 18.3 Å². The molecule has 0 aliphatic heterocycles. The highest BCUT2D eigenvalue weighted by molar-refractivity contribution is 7.11. The van der Waals surface area contributed by atoms with Crippen LogP contribution in [0, 0.1) is 0 Å². The lowest BCUT2D eigenvalue weighted by molar-refractivity contribution is 0.378. The number of hydrogen-bond donors (Lipinski definition) is 0. The van der Waals surface area contributed by atoms with Gasteiger partial charge in [0.1, 0.15) is 15.7 Å². The molecule has 0 unspecified atom stereocenters. The summed E-state index contributed by atoms with van der Waals surface area (Å²) < 4.78 is 6.09. The van der Waals surface area contributed by atoms with Gasteiger partial charge in [-0.2, -0.15) is 0 Å². The van der Waals surface area contributed by atoms with Gasteiger partial charge in [-0.15, -0.1) is 10.2 Å². The second-order valence-electron chi connectivity index (χ2n) is 4.64. The lowest BCUT2D eigenvalue weighted by Gasteiger charge is -2.00. The molecule has 108 valence electrons. The van der Waals surface area contributed by atoms with E-state index in [0.29, 0.717) is 22.4 Å². The van der Waals surface area contributed by atoms with E-state index in [1.807, 2.05) is 13.8 Å². The second-order valence-corrected chi connectivity index (χ2v) is 5.73. The molecule has 3 aromatic heterocycles. The molecule has 3 aromatic rings. The van der Waals surface area contributed by atoms with Crippen molar-refractivity contribution in [1.82, 2.24) is 29.9 Å². The Bertz CT molecular complexity index is 791. The first-order chi connectivity index (χ1) is 10.1. The summed E-state index contributed by atoms with van der Waals surface area (Å²) in [4.78, 5) is 19.9. The normalized spacial score (nSPS) is 11.2. The number of hydrogen-bond acceptors (Lipinski definition) is 8. The van der Waals surface area contributed by atoms with Crippen LogP contribution in [-0.2, 0) is 6.54 Å². The molecule has 21 heavy (non-hydrogen) atoms. The lowest BCUT2D eigenvalue weighted by Crippen LogP contribution is -2.16. The Morgan fingerprint density at radius 3 is 2.86 bits per heavy atom. The number of aromatic nitrogens is 6. The molecule has 0 saturated carbocycles. The van der Waals surface area contributed by atoms with Gasteiger partial charge in [0.25, 0.3) is 0 Å². The van der Waals surface area contributed by atoms with E-state index in [1.54, 1.807) is 6.20 Å². The average molecular weight is 304 g/mol. The van der Waals surface area contributed by atoms with Crippen molar-refractivity contribution in [2.75, 3.05) is 0 Å². The third-order valence-corrected chi connectivity index (χ3v) is 3.96. The molecule has 0 aliphatic rings. The van der Waals surface area contributed by atoms with Crippen LogP contribution in [0.2, 0.25) is 0 Å². The third-order valence-electron chi connectivity index (χ3n) is 2.75. The Kier molecular flexibility index (Phi) is 3.57. The van der Waals surface area contributed by atoms with E-state index in [0.717, 1.165) is 5.01 Å². The van der Waals surface area contributed by atoms with Crippen LogP contribution in [0.15, 0.2) is 27.9 Å². The summed E-state index contributed by atoms with van der Waals surface area (Å²) in [7, 11) is 0. The maximum Gasteiger partial charge on any atom is 0.442 e. The van der Waals surface area contributed by atoms with Crippen molar-refractivity contribution in [3.05, 3.63) is 39.2 Å². The predicted molar refractivity (Wildman–Crippen MR) is 74.9 cm³/mol. The molecule has 0 amide bonds. The molecule has 0 fully saturated rings. The SMILES string of the molecule is CC(C)c1nnc(Cn2c(-c3cnccn3)noc2=O)s1. The van der Waals surface area contributed by atoms with Crippen molar-refractivity contribution in [3.8, 4) is 11.5 Å². The minimum atomic E-state index is -0.558. The highest BCUT2D eigenvalue weighted by atomic mass is 32.1. The number of nitrogens with zero attached hydrogens (tertiary/aromatic N) is 6. The molecule has 0 aliphatic carbocycles. The van der Waals surface area contributed by atoms with Gasteiger partial charge in [-0.25, -0.2) is 14.3 Å². The van der Waals surface area contributed by atoms with E-state index < -0.39 is 5.76 Å². The quantitative estimate of drug-likeness (QED) is 0.716. The van der Waals surface area contributed by atoms with Crippen LogP contribution in [0.1, 0.15) is 29.8 Å². The molecule has 0 N–H and O–H groups in total. The smallest absolute Gasteiger partial charge is 0.295 e. The molecule has 0 radical (unpaired) electrons. The maximum atomic E-state index is 11.8. The largest absolute Gasteiger partial charge is 0.442 e. The Morgan fingerprint density at radius 2 is 2.19 bits per heavy atom. The molecule has 0 aromatic carbocycles. The van der Waals surface area contributed by atoms with Crippen molar-refractivity contribution < 1.29 is 4.52 Å². The van der Waals surface area contributed by atoms with Crippen LogP contribution in [0.3, 0.4) is 0 Å². The maximum absolute atomic E-state index is 11.8. The fourth-order valence-electron chi connectivity index (χ4n) is 1.71. The molecule has 0 atom stereocenters. The van der Waals surface area contributed by atoms with Crippen molar-refractivity contribution in [2.24, 2.45) is 0 Å². The highest BCUT2D eigenvalue weighted by Gasteiger charge is 2.17. The van der Waals surface area contributed by atoms with Gasteiger partial charge in [-0.1, -0.05) is 30.3 Å². The van der Waals surface area contributed by atoms with Gasteiger partial charge in [0.15, 0.2) is 0 Å². The van der Waals surface area contributed by atoms with E-state index in [2.05, 4.69) is 25.3 Å². The molecular weight excluding hydrogens is 292 g/mol. The summed E-state index contributed by atoms with van der Waals surface area (Å²) in [5.41, 5.74) is 0.469. The Morgan fingerprint density at radius 1 is 1.33 bits per heavy atom. The summed E-state index contributed by atoms with van der Waals surface area (Å²) in [6, 6.07) is 0. The first-order valence-corrected chi connectivity index (χ1v) is 7.12. The van der Waals surface area contributed by atoms with Gasteiger partial charge in [-0.3, -0.25) is 9.51 Å². The predicted octanol–water partition coefficient (Wildman–Crippen LogP) is 1.32. The zero-order chi connectivity index (χ0) is 14.8. The topological polar surface area (TPSA) is 99.6 Å². The standard InChI is InChI=1S/C12H12N6O2S/c1-7(2)11-16-15-9(21-11)6-18-10(17-20-12(18)19)8-5-13-3-4-14-8/h3-5,7H,6H2,1-2H3. The van der Waals surface area contributed by atoms with Crippen LogP contribution in [0.4, 0.5) is 0 Å². The van der Waals surface area contributed by atoms with Crippen LogP contribution in [-0.4, -0.2) is 29.9 Å². The molecular formula is C12H12N6O2S. The van der Waals surface area contributed by atoms with Crippen molar-refractivity contribution in [2.45, 2.75) is 26.3 Å². The molecule has 0 bridgehead atoms. The zero-order valence-electron chi connectivity index (χ0n) is 11.4. The molecule has 8 nitrogen and oxygen atoms in total. The van der Waals surface area contributed by atoms with E-state index in [-0.39, 0.29) is 6.54 Å². The third kappa shape index (κ3) is 2.72. The first-order valence-electron chi connectivity index (χ1n) is 6.30. The van der Waals surface area contributed by atoms with Crippen molar-refractivity contribution in [1.29, 1.82) is 0 Å². The van der Waals surface area contributed by atoms with Crippen molar-refractivity contribution in [3.63, 3.8) is 0 Å². The summed E-state index contributed by atoms with van der Waals surface area (Å²) in [5, 5.41) is 13.6. The van der Waals surface area contributed by atoms with E-state index in [4.69, 9.17) is 4.52 Å². The monoisotopic (exact) mass is 304 g/mol. The summed E-state index contributed by atoms with van der Waals surface area (Å²) >= 11 is 1.46. The molecule has 0 saturated heterocycles. The van der Waals surface area contributed by atoms with Crippen LogP contribution >= 0.6 is 11.3 Å². The van der Waals surface area contributed by atoms with Crippen LogP contribution < -0.4 is 5.76 Å². The van der Waals surface area contributed by atoms with Gasteiger partial charge >= 0.3 is 5.76 Å². The van der Waals surface area contributed by atoms with Gasteiger partial charge in [0.05, 0.1) is 12.7 Å². The summed E-state index contributed by atoms with van der Waals surface area (Å²) in [5.74, 6) is 0.0706. The van der Waals surface area contributed by atoms with Gasteiger partial charge < -0.3 is 0 Å². The Balaban J connectivity index is 1.95. The molecule has 9 heteroatoms. The molecule has 0 spiro atoms. The summed E-state index contributed by atoms with van der Waals surface area (Å²) in [6.45, 7) is 4.33. The average Bonchev–Trinajstić information content (AvgIpc) is 3.09. The molecule has 3 heterocycles. The Hall–Kier alpha value is -2.42. The van der Waals surface area contributed by atoms with E-state index in [9.17, 15) is 4.79 Å². The van der Waals surface area contributed by atoms with E-state index >= 15 is 0 Å². The zero-order valence-corrected chi connectivity index (χ0v) is 12.2. The fraction of sp³-hybridized carbons (Fsp3) is 0.333. The minimum absolute atomic E-state index is 0.249. The van der Waals surface area contributed by atoms with Gasteiger partial charge in [0.2, 0.25) is 5.82 Å². The lowest BCUT2D eigenvalue weighted by atomic mass is 10.2. The van der Waals surface area contributed by atoms with Crippen molar-refractivity contribution >= 4 is 11.3 Å². The Labute approximate surface area is 123 Å². The number of rotatable bonds is 4. The summed E-state index contributed by atoms with van der Waals surface area (Å²) in [6.07, 6.45) is 4.60. The van der Waals surface area contributed by atoms with E-state index in [1.165, 1.54) is 28.3 Å². The second kappa shape index (κ2) is 5.52. The molecule has 3 rings (SSSR count). The van der Waals surface area contributed by atoms with Gasteiger partial charge in [-0.05, 0) is 0 Å². The first kappa shape index (κ1) is 13.6. The highest BCUT2D eigenvalue weighted by Crippen LogP contribution is 2.20. The fourth-order valence-corrected chi connectivity index (χ4v) is 2.54. The van der Waals surface area contributed by atoms with Crippen LogP contribution in [0.25, 0.3) is 11.5 Å². The minimum Gasteiger partial charge on any atom is -0.295 e.